The molecule has 0 aromatic heterocycles. The Morgan fingerprint density at radius 1 is 1.25 bits per heavy atom. The molecule has 0 spiro atoms. The molecule has 5 nitrogen and oxygen atoms in total. The van der Waals surface area contributed by atoms with Crippen LogP contribution in [0.3, 0.4) is 0 Å². The van der Waals surface area contributed by atoms with Crippen molar-refractivity contribution in [3.63, 3.8) is 0 Å². The molecule has 20 heavy (non-hydrogen) atoms. The molecule has 0 radical (unpaired) electrons. The minimum Gasteiger partial charge on any atom is -0.486 e. The third kappa shape index (κ3) is 3.04. The molecule has 0 unspecified atom stereocenters. The van der Waals surface area contributed by atoms with Crippen LogP contribution in [0.1, 0.15) is 25.0 Å². The van der Waals surface area contributed by atoms with Crippen molar-refractivity contribution >= 4 is 5.97 Å². The molecule has 5 heteroatoms. The van der Waals surface area contributed by atoms with Crippen molar-refractivity contribution < 1.29 is 24.1 Å². The van der Waals surface area contributed by atoms with E-state index in [4.69, 9.17) is 14.2 Å². The first-order valence-corrected chi connectivity index (χ1v) is 6.58. The van der Waals surface area contributed by atoms with Gasteiger partial charge in [-0.1, -0.05) is 0 Å². The first-order chi connectivity index (χ1) is 9.44. The quantitative estimate of drug-likeness (QED) is 0.896. The van der Waals surface area contributed by atoms with Crippen molar-refractivity contribution in [3.05, 3.63) is 23.3 Å². The SMILES string of the molecule is COCc1cc2c(cc1CC(C)(C)C(=O)O)OCCO2. The largest absolute Gasteiger partial charge is 0.486 e. The van der Waals surface area contributed by atoms with Gasteiger partial charge in [0.2, 0.25) is 0 Å². The highest BCUT2D eigenvalue weighted by molar-refractivity contribution is 5.74. The Balaban J connectivity index is 2.37. The second-order valence-corrected chi connectivity index (χ2v) is 5.56. The summed E-state index contributed by atoms with van der Waals surface area (Å²) in [4.78, 5) is 11.3. The number of carboxylic acids is 1. The summed E-state index contributed by atoms with van der Waals surface area (Å²) in [6.07, 6.45) is 0.414. The molecule has 110 valence electrons. The van der Waals surface area contributed by atoms with Gasteiger partial charge in [-0.05, 0) is 43.5 Å². The Hall–Kier alpha value is -1.75. The van der Waals surface area contributed by atoms with Crippen LogP contribution in [0.5, 0.6) is 11.5 Å². The maximum atomic E-state index is 11.3. The summed E-state index contributed by atoms with van der Waals surface area (Å²) in [5, 5.41) is 9.27. The van der Waals surface area contributed by atoms with Gasteiger partial charge in [-0.2, -0.15) is 0 Å². The number of aliphatic carboxylic acids is 1. The van der Waals surface area contributed by atoms with Crippen molar-refractivity contribution in [1.82, 2.24) is 0 Å². The van der Waals surface area contributed by atoms with E-state index in [1.807, 2.05) is 12.1 Å². The molecular formula is C15H20O5. The average molecular weight is 280 g/mol. The predicted molar refractivity (Wildman–Crippen MR) is 73.3 cm³/mol. The van der Waals surface area contributed by atoms with E-state index in [1.165, 1.54) is 0 Å². The van der Waals surface area contributed by atoms with Crippen LogP contribution < -0.4 is 9.47 Å². The van der Waals surface area contributed by atoms with Gasteiger partial charge in [-0.3, -0.25) is 4.79 Å². The molecule has 0 amide bonds. The first-order valence-electron chi connectivity index (χ1n) is 6.58. The zero-order valence-electron chi connectivity index (χ0n) is 12.1. The molecule has 1 N–H and O–H groups in total. The molecule has 0 bridgehead atoms. The highest BCUT2D eigenvalue weighted by Crippen LogP contribution is 2.36. The highest BCUT2D eigenvalue weighted by atomic mass is 16.6. The molecule has 1 aliphatic heterocycles. The van der Waals surface area contributed by atoms with Gasteiger partial charge in [0, 0.05) is 7.11 Å². The van der Waals surface area contributed by atoms with Crippen LogP contribution in [0.4, 0.5) is 0 Å². The normalized spacial score (nSPS) is 14.2. The number of methoxy groups -OCH3 is 1. The van der Waals surface area contributed by atoms with Gasteiger partial charge in [0.05, 0.1) is 12.0 Å². The summed E-state index contributed by atoms with van der Waals surface area (Å²) < 4.78 is 16.3. The molecule has 1 aliphatic rings. The van der Waals surface area contributed by atoms with Crippen LogP contribution in [-0.2, 0) is 22.6 Å². The molecule has 1 aromatic rings. The third-order valence-corrected chi connectivity index (χ3v) is 3.38. The van der Waals surface area contributed by atoms with E-state index < -0.39 is 11.4 Å². The van der Waals surface area contributed by atoms with Crippen molar-refractivity contribution in [2.75, 3.05) is 20.3 Å². The summed E-state index contributed by atoms with van der Waals surface area (Å²) >= 11 is 0. The lowest BCUT2D eigenvalue weighted by Crippen LogP contribution is -2.27. The van der Waals surface area contributed by atoms with Crippen LogP contribution >= 0.6 is 0 Å². The van der Waals surface area contributed by atoms with Crippen LogP contribution in [0.15, 0.2) is 12.1 Å². The molecule has 0 fully saturated rings. The fourth-order valence-electron chi connectivity index (χ4n) is 2.18. The van der Waals surface area contributed by atoms with Crippen molar-refractivity contribution in [2.45, 2.75) is 26.9 Å². The molecule has 1 aromatic carbocycles. The number of carboxylic acid groups (broad SMARTS) is 1. The zero-order chi connectivity index (χ0) is 14.8. The number of carbonyl (C=O) groups is 1. The fourth-order valence-corrected chi connectivity index (χ4v) is 2.18. The van der Waals surface area contributed by atoms with Gasteiger partial charge in [0.15, 0.2) is 11.5 Å². The Labute approximate surface area is 118 Å². The standard InChI is InChI=1S/C15H20O5/c1-15(2,14(16)17)8-10-6-12-13(20-5-4-19-12)7-11(10)9-18-3/h6-7H,4-5,8-9H2,1-3H3,(H,16,17). The van der Waals surface area contributed by atoms with Crippen LogP contribution in [0, 0.1) is 5.41 Å². The van der Waals surface area contributed by atoms with E-state index >= 15 is 0 Å². The second kappa shape index (κ2) is 5.71. The van der Waals surface area contributed by atoms with Gasteiger partial charge in [-0.15, -0.1) is 0 Å². The van der Waals surface area contributed by atoms with Gasteiger partial charge < -0.3 is 19.3 Å². The number of hydrogen-bond acceptors (Lipinski definition) is 4. The maximum Gasteiger partial charge on any atom is 0.309 e. The maximum absolute atomic E-state index is 11.3. The third-order valence-electron chi connectivity index (χ3n) is 3.38. The van der Waals surface area contributed by atoms with E-state index in [-0.39, 0.29) is 0 Å². The number of hydrogen-bond donors (Lipinski definition) is 1. The van der Waals surface area contributed by atoms with Crippen molar-refractivity contribution in [2.24, 2.45) is 5.41 Å². The van der Waals surface area contributed by atoms with Crippen molar-refractivity contribution in [3.8, 4) is 11.5 Å². The highest BCUT2D eigenvalue weighted by Gasteiger charge is 2.29. The van der Waals surface area contributed by atoms with E-state index in [0.29, 0.717) is 37.7 Å². The molecule has 0 atom stereocenters. The number of benzene rings is 1. The Morgan fingerprint density at radius 3 is 2.30 bits per heavy atom. The van der Waals surface area contributed by atoms with Gasteiger partial charge in [0.1, 0.15) is 13.2 Å². The molecule has 0 saturated heterocycles. The van der Waals surface area contributed by atoms with Crippen LogP contribution in [0.2, 0.25) is 0 Å². The number of rotatable bonds is 5. The number of ether oxygens (including phenoxy) is 3. The minimum atomic E-state index is -0.841. The average Bonchev–Trinajstić information content (AvgIpc) is 2.39. The van der Waals surface area contributed by atoms with Crippen LogP contribution in [0.25, 0.3) is 0 Å². The fraction of sp³-hybridized carbons (Fsp3) is 0.533. The van der Waals surface area contributed by atoms with E-state index in [1.54, 1.807) is 21.0 Å². The van der Waals surface area contributed by atoms with E-state index in [2.05, 4.69) is 0 Å². The molecular weight excluding hydrogens is 260 g/mol. The van der Waals surface area contributed by atoms with Crippen molar-refractivity contribution in [1.29, 1.82) is 0 Å². The molecule has 0 saturated carbocycles. The summed E-state index contributed by atoms with van der Waals surface area (Å²) in [5.74, 6) is 0.545. The summed E-state index contributed by atoms with van der Waals surface area (Å²) in [5.41, 5.74) is 1.02. The van der Waals surface area contributed by atoms with Gasteiger partial charge in [-0.25, -0.2) is 0 Å². The Morgan fingerprint density at radius 2 is 1.80 bits per heavy atom. The van der Waals surface area contributed by atoms with E-state index in [9.17, 15) is 9.90 Å². The Kier molecular flexibility index (Phi) is 4.18. The van der Waals surface area contributed by atoms with Gasteiger partial charge >= 0.3 is 5.97 Å². The van der Waals surface area contributed by atoms with Crippen LogP contribution in [-0.4, -0.2) is 31.4 Å². The van der Waals surface area contributed by atoms with Gasteiger partial charge in [0.25, 0.3) is 0 Å². The lowest BCUT2D eigenvalue weighted by molar-refractivity contribution is -0.146. The molecule has 0 aliphatic carbocycles. The summed E-state index contributed by atoms with van der Waals surface area (Å²) in [6.45, 7) is 4.88. The summed E-state index contributed by atoms with van der Waals surface area (Å²) in [6, 6.07) is 3.75. The first kappa shape index (κ1) is 14.7. The smallest absolute Gasteiger partial charge is 0.309 e. The number of fused-ring (bicyclic) bond motifs is 1. The summed E-state index contributed by atoms with van der Waals surface area (Å²) in [7, 11) is 1.61. The predicted octanol–water partition coefficient (Wildman–Crippen LogP) is 2.26. The second-order valence-electron chi connectivity index (χ2n) is 5.56. The monoisotopic (exact) mass is 280 g/mol. The molecule has 1 heterocycles. The Bertz CT molecular complexity index is 507. The topological polar surface area (TPSA) is 65.0 Å². The lowest BCUT2D eigenvalue weighted by Gasteiger charge is -2.24. The molecule has 2 rings (SSSR count). The zero-order valence-corrected chi connectivity index (χ0v) is 12.1. The lowest BCUT2D eigenvalue weighted by atomic mass is 9.84. The van der Waals surface area contributed by atoms with E-state index in [0.717, 1.165) is 11.1 Å². The minimum absolute atomic E-state index is 0.414.